The van der Waals surface area contributed by atoms with Crippen molar-refractivity contribution in [1.29, 1.82) is 0 Å². The van der Waals surface area contributed by atoms with Gasteiger partial charge in [0.2, 0.25) is 0 Å². The second-order valence-electron chi connectivity index (χ2n) is 15.0. The highest BCUT2D eigenvalue weighted by Crippen LogP contribution is 2.36. The van der Waals surface area contributed by atoms with Crippen molar-refractivity contribution in [3.05, 3.63) is 105 Å². The number of aliphatic imine (C=N–C) groups is 2. The molecular weight excluding hydrogens is 675 g/mol. The first-order chi connectivity index (χ1) is 26.3. The van der Waals surface area contributed by atoms with Crippen molar-refractivity contribution >= 4 is 35.6 Å². The van der Waals surface area contributed by atoms with Crippen molar-refractivity contribution in [2.75, 3.05) is 26.2 Å². The number of rotatable bonds is 13. The Morgan fingerprint density at radius 2 is 1.37 bits per heavy atom. The summed E-state index contributed by atoms with van der Waals surface area (Å²) in [6.07, 6.45) is 13.3. The van der Waals surface area contributed by atoms with Gasteiger partial charge in [-0.3, -0.25) is 24.5 Å². The van der Waals surface area contributed by atoms with E-state index in [-0.39, 0.29) is 23.9 Å². The smallest absolute Gasteiger partial charge is 0.256 e. The standard InChI is InChI=1S/C45H53N5O4/c1-6-10-11-14-48(9-4)25-33-16-34(28-53-38-12-13-39-41(21-38)46-23-36-19-31(7-2)26-49(36)44(39)51)18-35(17-33)29-54-43-22-42-40(15-30(43)5)45(52)50-27-32(8-3)20-37(50)24-47-42/h7-8,12-13,15-18,21-24,36-37H,6,9-11,14,19-20,25-29H2,1-5H3/b31-7+,32-8+/t36-,37-/m0/s1. The van der Waals surface area contributed by atoms with Gasteiger partial charge in [0, 0.05) is 44.2 Å². The monoisotopic (exact) mass is 727 g/mol. The first-order valence-electron chi connectivity index (χ1n) is 19.6. The largest absolute Gasteiger partial charge is 0.489 e. The SMILES string of the molecule is C/C=C1\C[C@H]2C=Nc3cc(OCc4cc(COc5cc6c(cc5C)C(=O)N5C/C(=C/C)C[C@H]5C=N6)cc(CN(CC)CCCCC)c4)ccc3C(=O)N2C1. The zero-order chi connectivity index (χ0) is 37.8. The van der Waals surface area contributed by atoms with Gasteiger partial charge in [-0.25, -0.2) is 0 Å². The van der Waals surface area contributed by atoms with Crippen LogP contribution in [0.25, 0.3) is 0 Å². The number of allylic oxidation sites excluding steroid dienone is 2. The van der Waals surface area contributed by atoms with Crippen LogP contribution in [-0.4, -0.2) is 77.2 Å². The lowest BCUT2D eigenvalue weighted by Gasteiger charge is -2.22. The number of hydrogen-bond acceptors (Lipinski definition) is 7. The van der Waals surface area contributed by atoms with E-state index < -0.39 is 0 Å². The van der Waals surface area contributed by atoms with Crippen LogP contribution in [0.3, 0.4) is 0 Å². The second-order valence-corrected chi connectivity index (χ2v) is 15.0. The van der Waals surface area contributed by atoms with E-state index in [1.807, 2.05) is 73.3 Å². The number of unbranched alkanes of at least 4 members (excludes halogenated alkanes) is 2. The Kier molecular flexibility index (Phi) is 11.4. The molecule has 0 bridgehead atoms. The van der Waals surface area contributed by atoms with Gasteiger partial charge < -0.3 is 19.3 Å². The number of amides is 2. The number of benzene rings is 3. The van der Waals surface area contributed by atoms with Crippen LogP contribution in [0.15, 0.2) is 81.8 Å². The van der Waals surface area contributed by atoms with Gasteiger partial charge in [-0.15, -0.1) is 0 Å². The molecule has 3 aromatic carbocycles. The van der Waals surface area contributed by atoms with E-state index in [4.69, 9.17) is 19.5 Å². The summed E-state index contributed by atoms with van der Waals surface area (Å²) in [5.41, 5.74) is 9.25. The maximum atomic E-state index is 13.6. The first kappa shape index (κ1) is 37.3. The summed E-state index contributed by atoms with van der Waals surface area (Å²) in [7, 11) is 0. The number of fused-ring (bicyclic) bond motifs is 4. The fourth-order valence-corrected chi connectivity index (χ4v) is 7.95. The molecule has 2 atom stereocenters. The Balaban J connectivity index is 1.09. The van der Waals surface area contributed by atoms with Gasteiger partial charge in [-0.2, -0.15) is 0 Å². The number of ether oxygens (including phenoxy) is 2. The third kappa shape index (κ3) is 8.06. The summed E-state index contributed by atoms with van der Waals surface area (Å²) in [6.45, 7) is 15.4. The molecule has 282 valence electrons. The van der Waals surface area contributed by atoms with Crippen molar-refractivity contribution in [3.63, 3.8) is 0 Å². The predicted octanol–water partition coefficient (Wildman–Crippen LogP) is 8.92. The molecule has 9 nitrogen and oxygen atoms in total. The van der Waals surface area contributed by atoms with E-state index in [2.05, 4.69) is 49.1 Å². The van der Waals surface area contributed by atoms with Crippen molar-refractivity contribution in [1.82, 2.24) is 14.7 Å². The topological polar surface area (TPSA) is 87.0 Å². The third-order valence-electron chi connectivity index (χ3n) is 11.2. The second kappa shape index (κ2) is 16.6. The Morgan fingerprint density at radius 3 is 2.00 bits per heavy atom. The van der Waals surface area contributed by atoms with Crippen LogP contribution in [0.2, 0.25) is 0 Å². The molecular formula is C45H53N5O4. The Morgan fingerprint density at radius 1 is 0.759 bits per heavy atom. The lowest BCUT2D eigenvalue weighted by molar-refractivity contribution is 0.0770. The van der Waals surface area contributed by atoms with Gasteiger partial charge in [0.15, 0.2) is 0 Å². The molecule has 9 heteroatoms. The van der Waals surface area contributed by atoms with Crippen LogP contribution >= 0.6 is 0 Å². The highest BCUT2D eigenvalue weighted by molar-refractivity contribution is 6.04. The number of carbonyl (C=O) groups excluding carboxylic acids is 2. The molecule has 4 heterocycles. The highest BCUT2D eigenvalue weighted by atomic mass is 16.5. The zero-order valence-corrected chi connectivity index (χ0v) is 32.4. The van der Waals surface area contributed by atoms with E-state index in [0.29, 0.717) is 54.6 Å². The summed E-state index contributed by atoms with van der Waals surface area (Å²) in [5.74, 6) is 1.42. The Labute approximate surface area is 320 Å². The minimum Gasteiger partial charge on any atom is -0.489 e. The molecule has 4 aliphatic rings. The van der Waals surface area contributed by atoms with Crippen LogP contribution in [0.1, 0.15) is 103 Å². The summed E-state index contributed by atoms with van der Waals surface area (Å²) >= 11 is 0. The maximum Gasteiger partial charge on any atom is 0.256 e. The van der Waals surface area contributed by atoms with E-state index in [0.717, 1.165) is 54.9 Å². The fraction of sp³-hybridized carbons (Fsp3) is 0.422. The van der Waals surface area contributed by atoms with Gasteiger partial charge in [0.25, 0.3) is 11.8 Å². The summed E-state index contributed by atoms with van der Waals surface area (Å²) in [4.78, 5) is 42.8. The molecule has 0 aromatic heterocycles. The minimum atomic E-state index is -0.0146. The van der Waals surface area contributed by atoms with Gasteiger partial charge in [0.1, 0.15) is 24.7 Å². The zero-order valence-electron chi connectivity index (χ0n) is 32.4. The summed E-state index contributed by atoms with van der Waals surface area (Å²) in [6, 6.07) is 16.0. The van der Waals surface area contributed by atoms with Crippen molar-refractivity contribution in [2.45, 2.75) is 98.6 Å². The van der Waals surface area contributed by atoms with Crippen LogP contribution in [0.5, 0.6) is 11.5 Å². The van der Waals surface area contributed by atoms with E-state index >= 15 is 0 Å². The molecule has 4 aliphatic heterocycles. The summed E-state index contributed by atoms with van der Waals surface area (Å²) in [5, 5.41) is 0. The number of hydrogen-bond donors (Lipinski definition) is 0. The molecule has 0 N–H and O–H groups in total. The fourth-order valence-electron chi connectivity index (χ4n) is 7.95. The molecule has 0 unspecified atom stereocenters. The molecule has 0 radical (unpaired) electrons. The predicted molar refractivity (Wildman–Crippen MR) is 216 cm³/mol. The summed E-state index contributed by atoms with van der Waals surface area (Å²) < 4.78 is 12.9. The van der Waals surface area contributed by atoms with Gasteiger partial charge in [-0.1, -0.05) is 62.1 Å². The van der Waals surface area contributed by atoms with Crippen molar-refractivity contribution in [3.8, 4) is 11.5 Å². The minimum absolute atomic E-state index is 0.0113. The highest BCUT2D eigenvalue weighted by Gasteiger charge is 2.35. The number of aryl methyl sites for hydroxylation is 1. The molecule has 0 saturated carbocycles. The van der Waals surface area contributed by atoms with Crippen LogP contribution in [0.4, 0.5) is 11.4 Å². The van der Waals surface area contributed by atoms with Crippen molar-refractivity contribution < 1.29 is 19.1 Å². The quantitative estimate of drug-likeness (QED) is 0.130. The average Bonchev–Trinajstić information content (AvgIpc) is 3.75. The van der Waals surface area contributed by atoms with Crippen LogP contribution in [0, 0.1) is 6.92 Å². The van der Waals surface area contributed by atoms with Crippen LogP contribution in [-0.2, 0) is 19.8 Å². The van der Waals surface area contributed by atoms with Gasteiger partial charge in [-0.05, 0) is 99.6 Å². The van der Waals surface area contributed by atoms with Gasteiger partial charge in [0.05, 0.1) is 34.6 Å². The van der Waals surface area contributed by atoms with Gasteiger partial charge >= 0.3 is 0 Å². The maximum absolute atomic E-state index is 13.6. The molecule has 0 spiro atoms. The molecule has 0 aliphatic carbocycles. The molecule has 2 saturated heterocycles. The molecule has 3 aromatic rings. The lowest BCUT2D eigenvalue weighted by Crippen LogP contribution is -2.35. The molecule has 2 amide bonds. The average molecular weight is 728 g/mol. The van der Waals surface area contributed by atoms with Crippen LogP contribution < -0.4 is 9.47 Å². The molecule has 7 rings (SSSR count). The van der Waals surface area contributed by atoms with E-state index in [9.17, 15) is 9.59 Å². The van der Waals surface area contributed by atoms with E-state index in [1.54, 1.807) is 0 Å². The Hall–Kier alpha value is -5.02. The van der Waals surface area contributed by atoms with E-state index in [1.165, 1.54) is 36.0 Å². The molecule has 54 heavy (non-hydrogen) atoms. The van der Waals surface area contributed by atoms with Crippen molar-refractivity contribution in [2.24, 2.45) is 9.98 Å². The number of carbonyl (C=O) groups is 2. The molecule has 2 fully saturated rings. The third-order valence-corrected chi connectivity index (χ3v) is 11.2. The first-order valence-corrected chi connectivity index (χ1v) is 19.6. The normalized spacial score (nSPS) is 20.3. The lowest BCUT2D eigenvalue weighted by atomic mass is 10.0. The number of nitrogens with zero attached hydrogens (tertiary/aromatic N) is 5. The Bertz CT molecular complexity index is 2030.